The van der Waals surface area contributed by atoms with Crippen molar-refractivity contribution in [2.75, 3.05) is 6.54 Å². The minimum absolute atomic E-state index is 0.155. The van der Waals surface area contributed by atoms with Crippen LogP contribution in [0.2, 0.25) is 0 Å². The van der Waals surface area contributed by atoms with Crippen LogP contribution in [0.15, 0.2) is 24.3 Å². The standard InChI is InChI=1S/C13H15NO4/c15-10-3-1-9(2-4-10)7-11(16)14-8-13(5-6-13)12(17)18/h1-4,15H,5-8H2,(H,14,16)(H,17,18). The topological polar surface area (TPSA) is 86.6 Å². The summed E-state index contributed by atoms with van der Waals surface area (Å²) in [5, 5.41) is 20.7. The molecule has 5 heteroatoms. The first-order valence-electron chi connectivity index (χ1n) is 5.80. The lowest BCUT2D eigenvalue weighted by Crippen LogP contribution is -2.35. The van der Waals surface area contributed by atoms with Crippen LogP contribution in [0.5, 0.6) is 5.75 Å². The van der Waals surface area contributed by atoms with Gasteiger partial charge in [-0.3, -0.25) is 9.59 Å². The van der Waals surface area contributed by atoms with Crippen molar-refractivity contribution in [3.8, 4) is 5.75 Å². The van der Waals surface area contributed by atoms with E-state index in [4.69, 9.17) is 10.2 Å². The molecule has 0 unspecified atom stereocenters. The molecule has 0 heterocycles. The number of amides is 1. The van der Waals surface area contributed by atoms with Crippen LogP contribution in [0.4, 0.5) is 0 Å². The van der Waals surface area contributed by atoms with Crippen molar-refractivity contribution in [3.63, 3.8) is 0 Å². The Morgan fingerprint density at radius 3 is 2.33 bits per heavy atom. The third-order valence-corrected chi connectivity index (χ3v) is 3.23. The maximum Gasteiger partial charge on any atom is 0.311 e. The molecule has 2 rings (SSSR count). The molecular weight excluding hydrogens is 234 g/mol. The van der Waals surface area contributed by atoms with Gasteiger partial charge in [-0.05, 0) is 30.5 Å². The Labute approximate surface area is 104 Å². The first kappa shape index (κ1) is 12.4. The molecule has 0 spiro atoms. The van der Waals surface area contributed by atoms with E-state index in [2.05, 4.69) is 5.32 Å². The van der Waals surface area contributed by atoms with Crippen molar-refractivity contribution in [3.05, 3.63) is 29.8 Å². The quantitative estimate of drug-likeness (QED) is 0.724. The Morgan fingerprint density at radius 2 is 1.83 bits per heavy atom. The molecule has 0 atom stereocenters. The lowest BCUT2D eigenvalue weighted by atomic mass is 10.1. The van der Waals surface area contributed by atoms with Crippen molar-refractivity contribution >= 4 is 11.9 Å². The molecule has 0 saturated heterocycles. The maximum absolute atomic E-state index is 11.6. The molecular formula is C13H15NO4. The van der Waals surface area contributed by atoms with Crippen LogP contribution in [0.3, 0.4) is 0 Å². The molecule has 1 aromatic carbocycles. The van der Waals surface area contributed by atoms with E-state index in [0.29, 0.717) is 12.8 Å². The minimum atomic E-state index is -0.840. The van der Waals surface area contributed by atoms with Gasteiger partial charge in [0.2, 0.25) is 5.91 Å². The number of nitrogens with one attached hydrogen (secondary N) is 1. The van der Waals surface area contributed by atoms with E-state index in [9.17, 15) is 9.59 Å². The number of rotatable bonds is 5. The zero-order valence-electron chi connectivity index (χ0n) is 9.85. The number of carboxylic acid groups (broad SMARTS) is 1. The highest BCUT2D eigenvalue weighted by Gasteiger charge is 2.50. The summed E-state index contributed by atoms with van der Waals surface area (Å²) < 4.78 is 0. The Hall–Kier alpha value is -2.04. The number of phenols is 1. The highest BCUT2D eigenvalue weighted by molar-refractivity contribution is 5.82. The van der Waals surface area contributed by atoms with E-state index in [-0.39, 0.29) is 24.6 Å². The number of aliphatic carboxylic acids is 1. The number of hydrogen-bond acceptors (Lipinski definition) is 3. The number of hydrogen-bond donors (Lipinski definition) is 3. The predicted molar refractivity (Wildman–Crippen MR) is 64.1 cm³/mol. The normalized spacial score (nSPS) is 16.0. The van der Waals surface area contributed by atoms with Crippen molar-refractivity contribution in [1.82, 2.24) is 5.32 Å². The molecule has 1 fully saturated rings. The monoisotopic (exact) mass is 249 g/mol. The van der Waals surface area contributed by atoms with Gasteiger partial charge >= 0.3 is 5.97 Å². The first-order chi connectivity index (χ1) is 8.52. The van der Waals surface area contributed by atoms with Gasteiger partial charge in [0.05, 0.1) is 11.8 Å². The third kappa shape index (κ3) is 2.80. The van der Waals surface area contributed by atoms with Crippen LogP contribution in [0.1, 0.15) is 18.4 Å². The number of carboxylic acids is 1. The summed E-state index contributed by atoms with van der Waals surface area (Å²) >= 11 is 0. The molecule has 96 valence electrons. The lowest BCUT2D eigenvalue weighted by Gasteiger charge is -2.11. The SMILES string of the molecule is O=C(Cc1ccc(O)cc1)NCC1(C(=O)O)CC1. The van der Waals surface area contributed by atoms with Crippen LogP contribution < -0.4 is 5.32 Å². The average Bonchev–Trinajstić information content (AvgIpc) is 3.11. The summed E-state index contributed by atoms with van der Waals surface area (Å²) in [6.07, 6.45) is 1.44. The van der Waals surface area contributed by atoms with Crippen LogP contribution >= 0.6 is 0 Å². The third-order valence-electron chi connectivity index (χ3n) is 3.23. The smallest absolute Gasteiger partial charge is 0.311 e. The van der Waals surface area contributed by atoms with Gasteiger partial charge in [-0.2, -0.15) is 0 Å². The van der Waals surface area contributed by atoms with E-state index >= 15 is 0 Å². The first-order valence-corrected chi connectivity index (χ1v) is 5.80. The van der Waals surface area contributed by atoms with Gasteiger partial charge in [0.1, 0.15) is 5.75 Å². The fraction of sp³-hybridized carbons (Fsp3) is 0.385. The zero-order chi connectivity index (χ0) is 13.2. The van der Waals surface area contributed by atoms with Gasteiger partial charge in [0.15, 0.2) is 0 Å². The molecule has 18 heavy (non-hydrogen) atoms. The Balaban J connectivity index is 1.82. The van der Waals surface area contributed by atoms with Gasteiger partial charge in [-0.1, -0.05) is 12.1 Å². The Kier molecular flexibility index (Phi) is 3.23. The summed E-state index contributed by atoms with van der Waals surface area (Å²) in [6, 6.07) is 6.36. The number of carbonyl (C=O) groups is 2. The fourth-order valence-electron chi connectivity index (χ4n) is 1.75. The minimum Gasteiger partial charge on any atom is -0.508 e. The zero-order valence-corrected chi connectivity index (χ0v) is 9.85. The molecule has 1 saturated carbocycles. The van der Waals surface area contributed by atoms with Crippen LogP contribution in [-0.2, 0) is 16.0 Å². The Bertz CT molecular complexity index is 462. The van der Waals surface area contributed by atoms with Gasteiger partial charge in [0.25, 0.3) is 0 Å². The summed E-state index contributed by atoms with van der Waals surface area (Å²) in [5.74, 6) is -0.886. The van der Waals surface area contributed by atoms with Crippen molar-refractivity contribution in [1.29, 1.82) is 0 Å². The van der Waals surface area contributed by atoms with E-state index < -0.39 is 11.4 Å². The number of aromatic hydroxyl groups is 1. The van der Waals surface area contributed by atoms with Crippen molar-refractivity contribution in [2.24, 2.45) is 5.41 Å². The Morgan fingerprint density at radius 1 is 1.22 bits per heavy atom. The van der Waals surface area contributed by atoms with Crippen LogP contribution in [0, 0.1) is 5.41 Å². The summed E-state index contributed by atoms with van der Waals surface area (Å²) in [6.45, 7) is 0.194. The van der Waals surface area contributed by atoms with E-state index in [1.165, 1.54) is 12.1 Å². The van der Waals surface area contributed by atoms with Gasteiger partial charge in [-0.25, -0.2) is 0 Å². The fourth-order valence-corrected chi connectivity index (χ4v) is 1.75. The van der Waals surface area contributed by atoms with E-state index in [1.807, 2.05) is 0 Å². The maximum atomic E-state index is 11.6. The number of phenolic OH excluding ortho intramolecular Hbond substituents is 1. The summed E-state index contributed by atoms with van der Waals surface area (Å²) in [5.41, 5.74) is 0.0513. The predicted octanol–water partition coefficient (Wildman–Crippen LogP) is 0.916. The second kappa shape index (κ2) is 4.68. The molecule has 3 N–H and O–H groups in total. The molecule has 0 radical (unpaired) electrons. The van der Waals surface area contributed by atoms with Gasteiger partial charge < -0.3 is 15.5 Å². The van der Waals surface area contributed by atoms with Crippen LogP contribution in [-0.4, -0.2) is 28.6 Å². The molecule has 1 amide bonds. The molecule has 1 aliphatic carbocycles. The van der Waals surface area contributed by atoms with E-state index in [1.54, 1.807) is 12.1 Å². The average molecular weight is 249 g/mol. The summed E-state index contributed by atoms with van der Waals surface area (Å²) in [4.78, 5) is 22.5. The molecule has 0 bridgehead atoms. The summed E-state index contributed by atoms with van der Waals surface area (Å²) in [7, 11) is 0. The molecule has 5 nitrogen and oxygen atoms in total. The lowest BCUT2D eigenvalue weighted by molar-refractivity contribution is -0.143. The molecule has 1 aromatic rings. The largest absolute Gasteiger partial charge is 0.508 e. The molecule has 0 aromatic heterocycles. The highest BCUT2D eigenvalue weighted by atomic mass is 16.4. The molecule has 1 aliphatic rings. The number of benzene rings is 1. The van der Waals surface area contributed by atoms with Crippen molar-refractivity contribution < 1.29 is 19.8 Å². The highest BCUT2D eigenvalue weighted by Crippen LogP contribution is 2.45. The van der Waals surface area contributed by atoms with Gasteiger partial charge in [0, 0.05) is 6.54 Å². The van der Waals surface area contributed by atoms with Crippen LogP contribution in [0.25, 0.3) is 0 Å². The van der Waals surface area contributed by atoms with Gasteiger partial charge in [-0.15, -0.1) is 0 Å². The number of carbonyl (C=O) groups excluding carboxylic acids is 1. The second-order valence-corrected chi connectivity index (χ2v) is 4.71. The van der Waals surface area contributed by atoms with E-state index in [0.717, 1.165) is 5.56 Å². The second-order valence-electron chi connectivity index (χ2n) is 4.71. The van der Waals surface area contributed by atoms with Crippen molar-refractivity contribution in [2.45, 2.75) is 19.3 Å². The molecule has 0 aliphatic heterocycles.